The molecular formula is C12H25N3O. The summed E-state index contributed by atoms with van der Waals surface area (Å²) in [4.78, 5) is 16.3. The Morgan fingerprint density at radius 1 is 1.38 bits per heavy atom. The first-order chi connectivity index (χ1) is 7.36. The van der Waals surface area contributed by atoms with E-state index in [4.69, 9.17) is 0 Å². The van der Waals surface area contributed by atoms with Crippen LogP contribution in [0.25, 0.3) is 0 Å². The van der Waals surface area contributed by atoms with Gasteiger partial charge in [0.15, 0.2) is 0 Å². The van der Waals surface area contributed by atoms with Gasteiger partial charge in [0.1, 0.15) is 0 Å². The molecule has 0 aliphatic carbocycles. The van der Waals surface area contributed by atoms with Crippen molar-refractivity contribution in [1.82, 2.24) is 15.1 Å². The number of likely N-dealkylation sites (N-methyl/N-ethyl adjacent to an activating group) is 1. The maximum atomic E-state index is 12.0. The first-order valence-electron chi connectivity index (χ1n) is 6.05. The van der Waals surface area contributed by atoms with Crippen molar-refractivity contribution in [3.05, 3.63) is 0 Å². The number of hydrogen-bond acceptors (Lipinski definition) is 3. The monoisotopic (exact) mass is 227 g/mol. The third-order valence-electron chi connectivity index (χ3n) is 3.18. The minimum atomic E-state index is -0.0462. The second kappa shape index (κ2) is 5.15. The normalized spacial score (nSPS) is 21.3. The van der Waals surface area contributed by atoms with Crippen LogP contribution in [0.2, 0.25) is 0 Å². The van der Waals surface area contributed by atoms with Gasteiger partial charge in [0.25, 0.3) is 0 Å². The molecule has 1 fully saturated rings. The lowest BCUT2D eigenvalue weighted by Crippen LogP contribution is -2.59. The largest absolute Gasteiger partial charge is 0.335 e. The predicted molar refractivity (Wildman–Crippen MR) is 66.4 cm³/mol. The Hall–Kier alpha value is -0.610. The molecule has 1 saturated heterocycles. The van der Waals surface area contributed by atoms with E-state index in [9.17, 15) is 4.79 Å². The first kappa shape index (κ1) is 13.5. The zero-order chi connectivity index (χ0) is 12.3. The van der Waals surface area contributed by atoms with Gasteiger partial charge in [-0.1, -0.05) is 0 Å². The molecule has 1 aliphatic rings. The van der Waals surface area contributed by atoms with Gasteiger partial charge < -0.3 is 10.2 Å². The molecule has 94 valence electrons. The molecule has 0 aromatic carbocycles. The minimum absolute atomic E-state index is 0.0462. The van der Waals surface area contributed by atoms with Gasteiger partial charge in [0.05, 0.1) is 6.54 Å². The fourth-order valence-corrected chi connectivity index (χ4v) is 2.20. The molecule has 1 aliphatic heterocycles. The molecule has 0 bridgehead atoms. The highest BCUT2D eigenvalue weighted by Gasteiger charge is 2.32. The molecule has 0 saturated carbocycles. The highest BCUT2D eigenvalue weighted by atomic mass is 16.2. The van der Waals surface area contributed by atoms with Crippen molar-refractivity contribution < 1.29 is 4.79 Å². The summed E-state index contributed by atoms with van der Waals surface area (Å²) in [5.74, 6) is 0.252. The quantitative estimate of drug-likeness (QED) is 0.764. The Morgan fingerprint density at radius 2 is 2.00 bits per heavy atom. The molecule has 1 unspecified atom stereocenters. The first-order valence-corrected chi connectivity index (χ1v) is 6.05. The molecule has 1 N–H and O–H groups in total. The summed E-state index contributed by atoms with van der Waals surface area (Å²) in [5, 5.41) is 3.15. The Labute approximate surface area is 99.0 Å². The summed E-state index contributed by atoms with van der Waals surface area (Å²) >= 11 is 0. The second-order valence-corrected chi connectivity index (χ2v) is 5.59. The van der Waals surface area contributed by atoms with Gasteiger partial charge in [-0.2, -0.15) is 0 Å². The van der Waals surface area contributed by atoms with Crippen LogP contribution in [-0.2, 0) is 4.79 Å². The lowest BCUT2D eigenvalue weighted by molar-refractivity contribution is -0.142. The van der Waals surface area contributed by atoms with E-state index in [1.807, 2.05) is 11.9 Å². The van der Waals surface area contributed by atoms with Crippen LogP contribution in [0.4, 0.5) is 0 Å². The van der Waals surface area contributed by atoms with Gasteiger partial charge in [0.2, 0.25) is 5.91 Å². The van der Waals surface area contributed by atoms with Crippen molar-refractivity contribution in [3.8, 4) is 0 Å². The van der Waals surface area contributed by atoms with Crippen molar-refractivity contribution in [1.29, 1.82) is 0 Å². The highest BCUT2D eigenvalue weighted by molar-refractivity contribution is 5.79. The van der Waals surface area contributed by atoms with E-state index < -0.39 is 0 Å². The summed E-state index contributed by atoms with van der Waals surface area (Å²) in [5.41, 5.74) is -0.0462. The molecule has 1 rings (SSSR count). The lowest BCUT2D eigenvalue weighted by atomic mass is 10.0. The van der Waals surface area contributed by atoms with Gasteiger partial charge in [0, 0.05) is 31.2 Å². The molecule has 4 nitrogen and oxygen atoms in total. The maximum Gasteiger partial charge on any atom is 0.237 e. The van der Waals surface area contributed by atoms with E-state index in [2.05, 4.69) is 37.9 Å². The summed E-state index contributed by atoms with van der Waals surface area (Å²) in [6.45, 7) is 11.8. The van der Waals surface area contributed by atoms with Crippen molar-refractivity contribution in [2.24, 2.45) is 0 Å². The van der Waals surface area contributed by atoms with E-state index in [-0.39, 0.29) is 11.4 Å². The van der Waals surface area contributed by atoms with Gasteiger partial charge in [-0.15, -0.1) is 0 Å². The van der Waals surface area contributed by atoms with Gasteiger partial charge in [-0.05, 0) is 34.7 Å². The van der Waals surface area contributed by atoms with Crippen molar-refractivity contribution >= 4 is 5.91 Å². The van der Waals surface area contributed by atoms with E-state index in [1.54, 1.807) is 0 Å². The number of piperazine rings is 1. The van der Waals surface area contributed by atoms with Crippen molar-refractivity contribution in [3.63, 3.8) is 0 Å². The van der Waals surface area contributed by atoms with Crippen molar-refractivity contribution in [2.45, 2.75) is 39.3 Å². The van der Waals surface area contributed by atoms with Crippen LogP contribution in [0.3, 0.4) is 0 Å². The Balaban J connectivity index is 2.55. The number of nitrogens with one attached hydrogen (secondary N) is 1. The van der Waals surface area contributed by atoms with E-state index in [0.29, 0.717) is 12.6 Å². The zero-order valence-electron chi connectivity index (χ0n) is 11.2. The summed E-state index contributed by atoms with van der Waals surface area (Å²) in [7, 11) is 1.95. The summed E-state index contributed by atoms with van der Waals surface area (Å²) < 4.78 is 0. The number of nitrogens with zero attached hydrogens (tertiary/aromatic N) is 2. The van der Waals surface area contributed by atoms with Crippen LogP contribution >= 0.6 is 0 Å². The SMILES string of the molecule is CNCC(C)N1CCN(C(C)(C)C)C(=O)C1. The lowest BCUT2D eigenvalue weighted by Gasteiger charge is -2.43. The Kier molecular flexibility index (Phi) is 4.33. The van der Waals surface area contributed by atoms with Crippen molar-refractivity contribution in [2.75, 3.05) is 33.2 Å². The maximum absolute atomic E-state index is 12.0. The van der Waals surface area contributed by atoms with Crippen LogP contribution in [0, 0.1) is 0 Å². The standard InChI is InChI=1S/C12H25N3O/c1-10(8-13-5)14-6-7-15(11(16)9-14)12(2,3)4/h10,13H,6-9H2,1-5H3. The fraction of sp³-hybridized carbons (Fsp3) is 0.917. The molecule has 0 aromatic rings. The average Bonchev–Trinajstić information content (AvgIpc) is 2.16. The second-order valence-electron chi connectivity index (χ2n) is 5.59. The minimum Gasteiger partial charge on any atom is -0.335 e. The molecule has 1 atom stereocenters. The average molecular weight is 227 g/mol. The number of carbonyl (C=O) groups excluding carboxylic acids is 1. The molecule has 1 heterocycles. The van der Waals surface area contributed by atoms with Crippen LogP contribution in [0.15, 0.2) is 0 Å². The molecule has 1 amide bonds. The zero-order valence-corrected chi connectivity index (χ0v) is 11.2. The topological polar surface area (TPSA) is 35.6 Å². The van der Waals surface area contributed by atoms with E-state index in [1.165, 1.54) is 0 Å². The Bertz CT molecular complexity index is 247. The van der Waals surface area contributed by atoms with Crippen LogP contribution in [0.5, 0.6) is 0 Å². The molecule has 0 spiro atoms. The van der Waals surface area contributed by atoms with E-state index >= 15 is 0 Å². The predicted octanol–water partition coefficient (Wildman–Crippen LogP) is 0.537. The summed E-state index contributed by atoms with van der Waals surface area (Å²) in [6.07, 6.45) is 0. The number of hydrogen-bond donors (Lipinski definition) is 1. The van der Waals surface area contributed by atoms with Crippen LogP contribution < -0.4 is 5.32 Å². The number of carbonyl (C=O) groups is 1. The number of amides is 1. The molecule has 4 heteroatoms. The molecular weight excluding hydrogens is 202 g/mol. The molecule has 0 radical (unpaired) electrons. The number of rotatable bonds is 3. The van der Waals surface area contributed by atoms with Gasteiger partial charge in [-0.25, -0.2) is 0 Å². The summed E-state index contributed by atoms with van der Waals surface area (Å²) in [6, 6.07) is 0.427. The fourth-order valence-electron chi connectivity index (χ4n) is 2.20. The van der Waals surface area contributed by atoms with Crippen LogP contribution in [0.1, 0.15) is 27.7 Å². The van der Waals surface area contributed by atoms with E-state index in [0.717, 1.165) is 19.6 Å². The van der Waals surface area contributed by atoms with Gasteiger partial charge >= 0.3 is 0 Å². The van der Waals surface area contributed by atoms with Crippen LogP contribution in [-0.4, -0.2) is 60.5 Å². The highest BCUT2D eigenvalue weighted by Crippen LogP contribution is 2.17. The Morgan fingerprint density at radius 3 is 2.44 bits per heavy atom. The smallest absolute Gasteiger partial charge is 0.237 e. The molecule has 0 aromatic heterocycles. The molecule has 16 heavy (non-hydrogen) atoms. The van der Waals surface area contributed by atoms with Gasteiger partial charge in [-0.3, -0.25) is 9.69 Å². The third kappa shape index (κ3) is 3.19. The third-order valence-corrected chi connectivity index (χ3v) is 3.18.